The van der Waals surface area contributed by atoms with Crippen LogP contribution >= 0.6 is 11.6 Å². The van der Waals surface area contributed by atoms with Crippen LogP contribution in [0.3, 0.4) is 0 Å². The molecule has 1 aliphatic heterocycles. The van der Waals surface area contributed by atoms with Crippen molar-refractivity contribution in [2.24, 2.45) is 5.10 Å². The van der Waals surface area contributed by atoms with Gasteiger partial charge in [-0.2, -0.15) is 10.1 Å². The van der Waals surface area contributed by atoms with Gasteiger partial charge in [-0.25, -0.2) is 14.8 Å². The number of hydrazone groups is 1. The topological polar surface area (TPSA) is 125 Å². The second kappa shape index (κ2) is 12.7. The summed E-state index contributed by atoms with van der Waals surface area (Å²) in [5, 5.41) is 18.3. The predicted molar refractivity (Wildman–Crippen MR) is 156 cm³/mol. The normalized spacial score (nSPS) is 13.4. The van der Waals surface area contributed by atoms with E-state index in [4.69, 9.17) is 16.3 Å². The molecule has 3 N–H and O–H groups in total. The van der Waals surface area contributed by atoms with E-state index in [1.807, 2.05) is 19.1 Å². The quantitative estimate of drug-likeness (QED) is 0.141. The Morgan fingerprint density at radius 1 is 1.12 bits per heavy atom. The number of aryl methyl sites for hydroxylation is 1. The minimum Gasteiger partial charge on any atom is -0.507 e. The molecular weight excluding hydrogens is 549 g/mol. The van der Waals surface area contributed by atoms with E-state index in [2.05, 4.69) is 30.8 Å². The highest BCUT2D eigenvalue weighted by Crippen LogP contribution is 2.26. The smallest absolute Gasteiger partial charge is 0.245 e. The van der Waals surface area contributed by atoms with Crippen LogP contribution in [-0.4, -0.2) is 58.4 Å². The number of rotatable bonds is 9. The van der Waals surface area contributed by atoms with Crippen LogP contribution in [-0.2, 0) is 11.2 Å². The summed E-state index contributed by atoms with van der Waals surface area (Å²) in [6, 6.07) is 13.8. The number of nitrogens with one attached hydrogen (secondary N) is 2. The standard InChI is InChI=1S/C29H27ClFN7O3/c1-18-10-19(12-20(30)11-18)13-26(39)24-5-4-21(14-27(24)40)35-23-3-2-22(32-15-23)16-34-37-29-33-17-25(31)28(36-29)38-6-8-41-9-7-38/h2-5,10-12,14-17,35,40H,6-9,13H2,1H3,(H,33,36,37)/b34-16-. The van der Waals surface area contributed by atoms with Gasteiger partial charge in [0.25, 0.3) is 0 Å². The molecule has 0 atom stereocenters. The number of carbonyl (C=O) groups is 1. The van der Waals surface area contributed by atoms with Crippen molar-refractivity contribution >= 4 is 46.7 Å². The maximum atomic E-state index is 14.2. The molecule has 0 unspecified atom stereocenters. The fourth-order valence-electron chi connectivity index (χ4n) is 4.33. The summed E-state index contributed by atoms with van der Waals surface area (Å²) in [5.74, 6) is -0.478. The van der Waals surface area contributed by atoms with E-state index < -0.39 is 5.82 Å². The molecule has 12 heteroatoms. The van der Waals surface area contributed by atoms with Crippen molar-refractivity contribution in [2.45, 2.75) is 13.3 Å². The van der Waals surface area contributed by atoms with E-state index >= 15 is 0 Å². The Morgan fingerprint density at radius 2 is 1.93 bits per heavy atom. The van der Waals surface area contributed by atoms with Gasteiger partial charge in [0.1, 0.15) is 5.75 Å². The molecule has 0 radical (unpaired) electrons. The van der Waals surface area contributed by atoms with Gasteiger partial charge in [0, 0.05) is 36.3 Å². The van der Waals surface area contributed by atoms with Gasteiger partial charge in [-0.3, -0.25) is 9.78 Å². The zero-order chi connectivity index (χ0) is 28.8. The maximum absolute atomic E-state index is 14.2. The first-order chi connectivity index (χ1) is 19.8. The molecule has 4 aromatic rings. The number of hydrogen-bond donors (Lipinski definition) is 3. The van der Waals surface area contributed by atoms with Crippen molar-refractivity contribution in [3.63, 3.8) is 0 Å². The van der Waals surface area contributed by atoms with Gasteiger partial charge >= 0.3 is 0 Å². The Hall–Kier alpha value is -4.61. The monoisotopic (exact) mass is 575 g/mol. The summed E-state index contributed by atoms with van der Waals surface area (Å²) < 4.78 is 19.5. The fraction of sp³-hybridized carbons (Fsp3) is 0.207. The van der Waals surface area contributed by atoms with E-state index in [0.717, 1.165) is 17.3 Å². The van der Waals surface area contributed by atoms with E-state index in [9.17, 15) is 14.3 Å². The van der Waals surface area contributed by atoms with E-state index in [-0.39, 0.29) is 35.3 Å². The summed E-state index contributed by atoms with van der Waals surface area (Å²) in [5.41, 5.74) is 6.49. The number of anilines is 4. The summed E-state index contributed by atoms with van der Waals surface area (Å²) in [7, 11) is 0. The molecule has 0 amide bonds. The molecule has 1 aliphatic rings. The average molecular weight is 576 g/mol. The highest BCUT2D eigenvalue weighted by molar-refractivity contribution is 6.30. The molecule has 0 bridgehead atoms. The van der Waals surface area contributed by atoms with Crippen LogP contribution in [0.5, 0.6) is 5.75 Å². The summed E-state index contributed by atoms with van der Waals surface area (Å²) in [6.07, 6.45) is 4.32. The number of phenols is 1. The summed E-state index contributed by atoms with van der Waals surface area (Å²) in [6.45, 7) is 4.03. The van der Waals surface area contributed by atoms with E-state index in [1.54, 1.807) is 41.4 Å². The molecular formula is C29H27ClFN7O3. The van der Waals surface area contributed by atoms with Crippen LogP contribution in [0.2, 0.25) is 5.02 Å². The van der Waals surface area contributed by atoms with Crippen molar-refractivity contribution in [3.8, 4) is 5.75 Å². The second-order valence-electron chi connectivity index (χ2n) is 9.40. The van der Waals surface area contributed by atoms with Gasteiger partial charge in [0.05, 0.1) is 48.8 Å². The van der Waals surface area contributed by atoms with Gasteiger partial charge in [0.15, 0.2) is 17.4 Å². The molecule has 0 saturated carbocycles. The number of carbonyl (C=O) groups excluding carboxylic acids is 1. The lowest BCUT2D eigenvalue weighted by Crippen LogP contribution is -2.37. The molecule has 0 spiro atoms. The molecule has 1 fully saturated rings. The minimum atomic E-state index is -0.506. The third-order valence-corrected chi connectivity index (χ3v) is 6.46. The third kappa shape index (κ3) is 7.33. The lowest BCUT2D eigenvalue weighted by Gasteiger charge is -2.27. The SMILES string of the molecule is Cc1cc(Cl)cc(CC(=O)c2ccc(Nc3ccc(/C=N\Nc4ncc(F)c(N5CCOCC5)n4)nc3)cc2O)c1. The number of ether oxygens (including phenoxy) is 1. The van der Waals surface area contributed by atoms with Crippen LogP contribution in [0.4, 0.5) is 27.5 Å². The Morgan fingerprint density at radius 3 is 2.66 bits per heavy atom. The maximum Gasteiger partial charge on any atom is 0.245 e. The molecule has 0 aliphatic carbocycles. The second-order valence-corrected chi connectivity index (χ2v) is 9.84. The molecule has 2 aromatic heterocycles. The number of nitrogens with zero attached hydrogens (tertiary/aromatic N) is 5. The van der Waals surface area contributed by atoms with E-state index in [1.165, 1.54) is 12.3 Å². The lowest BCUT2D eigenvalue weighted by atomic mass is 10.0. The first kappa shape index (κ1) is 27.9. The van der Waals surface area contributed by atoms with Crippen LogP contribution < -0.4 is 15.6 Å². The number of benzene rings is 2. The molecule has 41 heavy (non-hydrogen) atoms. The van der Waals surface area contributed by atoms with Crippen molar-refractivity contribution in [2.75, 3.05) is 41.9 Å². The Labute approximate surface area is 240 Å². The Balaban J connectivity index is 1.17. The van der Waals surface area contributed by atoms with Crippen LogP contribution in [0, 0.1) is 12.7 Å². The van der Waals surface area contributed by atoms with Crippen molar-refractivity contribution in [3.05, 3.63) is 94.1 Å². The molecule has 5 rings (SSSR count). The van der Waals surface area contributed by atoms with Gasteiger partial charge in [-0.05, 0) is 54.4 Å². The van der Waals surface area contributed by atoms with Crippen LogP contribution in [0.25, 0.3) is 0 Å². The third-order valence-electron chi connectivity index (χ3n) is 6.24. The molecule has 2 aromatic carbocycles. The average Bonchev–Trinajstić information content (AvgIpc) is 2.95. The van der Waals surface area contributed by atoms with Crippen molar-refractivity contribution in [1.82, 2.24) is 15.0 Å². The number of aromatic nitrogens is 3. The number of halogens is 2. The number of morpholine rings is 1. The number of phenolic OH excluding ortho intramolecular Hbond substituents is 1. The zero-order valence-corrected chi connectivity index (χ0v) is 22.9. The van der Waals surface area contributed by atoms with Gasteiger partial charge in [-0.15, -0.1) is 0 Å². The first-order valence-electron chi connectivity index (χ1n) is 12.8. The highest BCUT2D eigenvalue weighted by atomic mass is 35.5. The summed E-state index contributed by atoms with van der Waals surface area (Å²) in [4.78, 5) is 27.1. The highest BCUT2D eigenvalue weighted by Gasteiger charge is 2.18. The number of Topliss-reactive ketones (excluding diaryl/α,β-unsaturated/α-hetero) is 1. The largest absolute Gasteiger partial charge is 0.507 e. The Bertz CT molecular complexity index is 1560. The van der Waals surface area contributed by atoms with Crippen molar-refractivity contribution < 1.29 is 19.0 Å². The number of ketones is 1. The Kier molecular flexibility index (Phi) is 8.66. The zero-order valence-electron chi connectivity index (χ0n) is 22.1. The molecule has 3 heterocycles. The van der Waals surface area contributed by atoms with Gasteiger partial charge < -0.3 is 20.1 Å². The molecule has 210 valence electrons. The minimum absolute atomic E-state index is 0.124. The van der Waals surface area contributed by atoms with Gasteiger partial charge in [-0.1, -0.05) is 17.7 Å². The van der Waals surface area contributed by atoms with Crippen molar-refractivity contribution in [1.29, 1.82) is 0 Å². The first-order valence-corrected chi connectivity index (χ1v) is 13.2. The van der Waals surface area contributed by atoms with E-state index in [0.29, 0.717) is 48.4 Å². The van der Waals surface area contributed by atoms with Crippen LogP contribution in [0.1, 0.15) is 27.2 Å². The van der Waals surface area contributed by atoms with Gasteiger partial charge in [0.2, 0.25) is 5.95 Å². The lowest BCUT2D eigenvalue weighted by molar-refractivity contribution is 0.0990. The molecule has 1 saturated heterocycles. The molecule has 10 nitrogen and oxygen atoms in total. The number of pyridine rings is 1. The number of aromatic hydroxyl groups is 1. The number of hydrogen-bond acceptors (Lipinski definition) is 10. The predicted octanol–water partition coefficient (Wildman–Crippen LogP) is 5.13. The fourth-order valence-corrected chi connectivity index (χ4v) is 4.64. The van der Waals surface area contributed by atoms with Crippen LogP contribution in [0.15, 0.2) is 66.0 Å². The summed E-state index contributed by atoms with van der Waals surface area (Å²) >= 11 is 6.10.